The molecule has 0 aromatic rings. The molecule has 0 aromatic heterocycles. The van der Waals surface area contributed by atoms with E-state index in [0.717, 1.165) is 96.3 Å². The van der Waals surface area contributed by atoms with E-state index in [1.807, 2.05) is 6.08 Å². The van der Waals surface area contributed by atoms with Crippen LogP contribution in [0.4, 0.5) is 0 Å². The summed E-state index contributed by atoms with van der Waals surface area (Å²) in [6.07, 6.45) is 74.4. The number of amides is 1. The second-order valence-electron chi connectivity index (χ2n) is 21.1. The summed E-state index contributed by atoms with van der Waals surface area (Å²) < 4.78 is 11.3. The quantitative estimate of drug-likeness (QED) is 0.0261. The summed E-state index contributed by atoms with van der Waals surface area (Å²) in [5.74, 6) is -0.193. The third-order valence-corrected chi connectivity index (χ3v) is 14.1. The first-order chi connectivity index (χ1) is 37.3. The zero-order valence-corrected chi connectivity index (χ0v) is 48.5. The first kappa shape index (κ1) is 70.9. The molecule has 0 bridgehead atoms. The van der Waals surface area contributed by atoms with Gasteiger partial charge in [-0.15, -0.1) is 0 Å². The molecule has 0 aliphatic carbocycles. The lowest BCUT2D eigenvalue weighted by Crippen LogP contribution is -2.60. The van der Waals surface area contributed by atoms with E-state index < -0.39 is 49.5 Å². The summed E-state index contributed by atoms with van der Waals surface area (Å²) in [4.78, 5) is 13.1. The zero-order chi connectivity index (χ0) is 55.0. The number of allylic oxidation sites excluding steroid dienone is 17. The third-order valence-electron chi connectivity index (χ3n) is 14.1. The Morgan fingerprint density at radius 2 is 0.829 bits per heavy atom. The Bertz CT molecular complexity index is 1560. The van der Waals surface area contributed by atoms with Gasteiger partial charge in [-0.3, -0.25) is 4.79 Å². The molecule has 0 spiro atoms. The topological polar surface area (TPSA) is 149 Å². The summed E-state index contributed by atoms with van der Waals surface area (Å²) in [7, 11) is 0. The largest absolute Gasteiger partial charge is 0.394 e. The summed E-state index contributed by atoms with van der Waals surface area (Å²) in [6, 6.07) is -0.831. The second-order valence-corrected chi connectivity index (χ2v) is 21.1. The molecule has 1 amide bonds. The standard InChI is InChI=1S/C67H115NO8/c1-3-5-7-9-11-13-15-17-19-21-23-25-26-27-28-29-30-31-32-33-34-35-36-37-39-41-43-45-47-49-51-53-55-57-63(71)68-60(59-75-67-66(74)65(73)64(72)62(58-69)76-67)61(70)56-54-52-50-48-46-44-42-40-38-24-22-20-18-16-14-12-10-8-6-4-2/h5,7,11,13,17,19,23,25,27-28,30-31,33-34,46,48,54,56,60-62,64-67,69-70,72-74H,3-4,6,8-10,12,14-16,18,20-22,24,26,29,32,35-45,47,49-53,55,57-59H2,1-2H3,(H,68,71)/b7-5-,13-11-,19-17-,25-23-,28-27-,31-30-,34-33-,48-46+,56-54+. The first-order valence-electron chi connectivity index (χ1n) is 31.1. The van der Waals surface area contributed by atoms with Crippen molar-refractivity contribution in [2.24, 2.45) is 0 Å². The van der Waals surface area contributed by atoms with Gasteiger partial charge in [0.1, 0.15) is 24.4 Å². The van der Waals surface area contributed by atoms with Gasteiger partial charge in [0, 0.05) is 6.42 Å². The molecule has 1 saturated heterocycles. The van der Waals surface area contributed by atoms with E-state index in [1.54, 1.807) is 6.08 Å². The lowest BCUT2D eigenvalue weighted by molar-refractivity contribution is -0.302. The average molecular weight is 1060 g/mol. The molecule has 1 rings (SSSR count). The van der Waals surface area contributed by atoms with E-state index >= 15 is 0 Å². The first-order valence-corrected chi connectivity index (χ1v) is 31.1. The van der Waals surface area contributed by atoms with Gasteiger partial charge in [-0.25, -0.2) is 0 Å². The number of carbonyl (C=O) groups excluding carboxylic acids is 1. The van der Waals surface area contributed by atoms with Gasteiger partial charge in [0.05, 0.1) is 25.4 Å². The van der Waals surface area contributed by atoms with Crippen LogP contribution in [0.15, 0.2) is 109 Å². The predicted molar refractivity (Wildman–Crippen MR) is 322 cm³/mol. The van der Waals surface area contributed by atoms with Gasteiger partial charge in [-0.2, -0.15) is 0 Å². The van der Waals surface area contributed by atoms with E-state index in [9.17, 15) is 30.3 Å². The average Bonchev–Trinajstić information content (AvgIpc) is 3.42. The summed E-state index contributed by atoms with van der Waals surface area (Å²) in [6.45, 7) is 3.66. The molecule has 1 heterocycles. The van der Waals surface area contributed by atoms with Gasteiger partial charge < -0.3 is 40.3 Å². The highest BCUT2D eigenvalue weighted by molar-refractivity contribution is 5.76. The highest BCUT2D eigenvalue weighted by Gasteiger charge is 2.44. The zero-order valence-electron chi connectivity index (χ0n) is 48.5. The fourth-order valence-electron chi connectivity index (χ4n) is 9.21. The summed E-state index contributed by atoms with van der Waals surface area (Å²) in [5, 5.41) is 54.6. The highest BCUT2D eigenvalue weighted by Crippen LogP contribution is 2.23. The number of carbonyl (C=O) groups is 1. The van der Waals surface area contributed by atoms with Crippen LogP contribution in [0.1, 0.15) is 251 Å². The van der Waals surface area contributed by atoms with Crippen molar-refractivity contribution in [1.29, 1.82) is 0 Å². The van der Waals surface area contributed by atoms with Crippen LogP contribution < -0.4 is 5.32 Å². The monoisotopic (exact) mass is 1060 g/mol. The maximum Gasteiger partial charge on any atom is 0.220 e. The molecule has 7 atom stereocenters. The SMILES string of the molecule is CC/C=C\C/C=C\C/C=C\C/C=C\C/C=C\C/C=C\C/C=C\CCCCCCCCCCCCCC(=O)NC(COC1OC(CO)C(O)C(O)C1O)C(O)/C=C/CC/C=C/CCCCCCCCCCCCCCCC. The molecule has 1 aliphatic rings. The third kappa shape index (κ3) is 43.8. The molecule has 0 radical (unpaired) electrons. The van der Waals surface area contributed by atoms with Gasteiger partial charge in [0.15, 0.2) is 6.29 Å². The Morgan fingerprint density at radius 3 is 1.26 bits per heavy atom. The number of nitrogens with one attached hydrogen (secondary N) is 1. The van der Waals surface area contributed by atoms with Crippen molar-refractivity contribution >= 4 is 5.91 Å². The van der Waals surface area contributed by atoms with E-state index in [1.165, 1.54) is 135 Å². The number of hydrogen-bond acceptors (Lipinski definition) is 8. The minimum Gasteiger partial charge on any atom is -0.394 e. The van der Waals surface area contributed by atoms with Crippen molar-refractivity contribution in [2.75, 3.05) is 13.2 Å². The molecule has 436 valence electrons. The van der Waals surface area contributed by atoms with Crippen molar-refractivity contribution in [1.82, 2.24) is 5.32 Å². The lowest BCUT2D eigenvalue weighted by Gasteiger charge is -2.40. The van der Waals surface area contributed by atoms with Crippen LogP contribution in [0.5, 0.6) is 0 Å². The van der Waals surface area contributed by atoms with Gasteiger partial charge in [-0.05, 0) is 89.9 Å². The molecule has 0 aromatic carbocycles. The Kier molecular flexibility index (Phi) is 51.4. The molecule has 6 N–H and O–H groups in total. The van der Waals surface area contributed by atoms with Crippen molar-refractivity contribution in [2.45, 2.75) is 294 Å². The number of aliphatic hydroxyl groups is 5. The van der Waals surface area contributed by atoms with Crippen LogP contribution in [0.2, 0.25) is 0 Å². The second kappa shape index (κ2) is 55.2. The van der Waals surface area contributed by atoms with Crippen molar-refractivity contribution in [3.8, 4) is 0 Å². The number of unbranched alkanes of at least 4 members (excludes halogenated alkanes) is 26. The minimum absolute atomic E-state index is 0.193. The Hall–Kier alpha value is -3.15. The lowest BCUT2D eigenvalue weighted by atomic mass is 9.99. The fraction of sp³-hybridized carbons (Fsp3) is 0.716. The number of ether oxygens (including phenoxy) is 2. The smallest absolute Gasteiger partial charge is 0.220 e. The van der Waals surface area contributed by atoms with Gasteiger partial charge in [-0.1, -0.05) is 264 Å². The maximum atomic E-state index is 13.1. The molecule has 1 aliphatic heterocycles. The van der Waals surface area contributed by atoms with Crippen LogP contribution in [-0.2, 0) is 14.3 Å². The van der Waals surface area contributed by atoms with Crippen LogP contribution in [0.25, 0.3) is 0 Å². The van der Waals surface area contributed by atoms with Crippen LogP contribution in [-0.4, -0.2) is 87.5 Å². The van der Waals surface area contributed by atoms with Crippen LogP contribution >= 0.6 is 0 Å². The van der Waals surface area contributed by atoms with Crippen LogP contribution in [0, 0.1) is 0 Å². The van der Waals surface area contributed by atoms with Crippen molar-refractivity contribution < 1.29 is 39.8 Å². The molecule has 1 fully saturated rings. The summed E-state index contributed by atoms with van der Waals surface area (Å²) in [5.41, 5.74) is 0. The van der Waals surface area contributed by atoms with E-state index in [0.29, 0.717) is 6.42 Å². The number of aliphatic hydroxyl groups excluding tert-OH is 5. The molecule has 0 saturated carbocycles. The van der Waals surface area contributed by atoms with Crippen molar-refractivity contribution in [3.63, 3.8) is 0 Å². The predicted octanol–water partition coefficient (Wildman–Crippen LogP) is 16.1. The normalized spacial score (nSPS) is 19.6. The Balaban J connectivity index is 2.21. The molecular formula is C67H115NO8. The number of rotatable bonds is 52. The highest BCUT2D eigenvalue weighted by atomic mass is 16.7. The van der Waals surface area contributed by atoms with Crippen LogP contribution in [0.3, 0.4) is 0 Å². The van der Waals surface area contributed by atoms with Gasteiger partial charge >= 0.3 is 0 Å². The van der Waals surface area contributed by atoms with Gasteiger partial charge in [0.2, 0.25) is 5.91 Å². The molecule has 76 heavy (non-hydrogen) atoms. The van der Waals surface area contributed by atoms with Crippen molar-refractivity contribution in [3.05, 3.63) is 109 Å². The molecule has 7 unspecified atom stereocenters. The minimum atomic E-state index is -1.58. The Morgan fingerprint density at radius 1 is 0.461 bits per heavy atom. The van der Waals surface area contributed by atoms with Gasteiger partial charge in [0.25, 0.3) is 0 Å². The fourth-order valence-corrected chi connectivity index (χ4v) is 9.21. The molecular weight excluding hydrogens is 947 g/mol. The molecule has 9 nitrogen and oxygen atoms in total. The van der Waals surface area contributed by atoms with E-state index in [2.05, 4.69) is 116 Å². The maximum absolute atomic E-state index is 13.1. The summed E-state index contributed by atoms with van der Waals surface area (Å²) >= 11 is 0. The Labute approximate surface area is 466 Å². The van der Waals surface area contributed by atoms with E-state index in [-0.39, 0.29) is 12.5 Å². The van der Waals surface area contributed by atoms with E-state index in [4.69, 9.17) is 9.47 Å². The number of hydrogen-bond donors (Lipinski definition) is 6. The molecule has 9 heteroatoms.